The average molecular weight is 206 g/mol. The van der Waals surface area contributed by atoms with Gasteiger partial charge < -0.3 is 4.74 Å². The summed E-state index contributed by atoms with van der Waals surface area (Å²) in [6.45, 7) is 2.82. The van der Waals surface area contributed by atoms with Gasteiger partial charge in [0.15, 0.2) is 5.78 Å². The third kappa shape index (κ3) is 4.26. The van der Waals surface area contributed by atoms with Crippen LogP contribution in [0.2, 0.25) is 0 Å². The lowest BCUT2D eigenvalue weighted by molar-refractivity contribution is 0.0960. The molecule has 0 radical (unpaired) electrons. The summed E-state index contributed by atoms with van der Waals surface area (Å²) >= 11 is 0. The van der Waals surface area contributed by atoms with Crippen molar-refractivity contribution in [1.82, 2.24) is 0 Å². The zero-order valence-corrected chi connectivity index (χ0v) is 9.40. The van der Waals surface area contributed by atoms with E-state index >= 15 is 0 Å². The second-order valence-corrected chi connectivity index (χ2v) is 3.89. The van der Waals surface area contributed by atoms with Gasteiger partial charge in [0.25, 0.3) is 0 Å². The van der Waals surface area contributed by atoms with Gasteiger partial charge in [0, 0.05) is 25.7 Å². The van der Waals surface area contributed by atoms with Crippen molar-refractivity contribution in [2.24, 2.45) is 5.92 Å². The molecular formula is C13H18O2. The molecule has 0 bridgehead atoms. The SMILES string of the molecule is COCC(C)CCC(=O)c1ccccc1. The minimum absolute atomic E-state index is 0.221. The molecule has 0 fully saturated rings. The zero-order chi connectivity index (χ0) is 11.1. The molecule has 0 heterocycles. The summed E-state index contributed by atoms with van der Waals surface area (Å²) in [6, 6.07) is 9.44. The summed E-state index contributed by atoms with van der Waals surface area (Å²) < 4.78 is 5.03. The Balaban J connectivity index is 2.37. The van der Waals surface area contributed by atoms with E-state index in [9.17, 15) is 4.79 Å². The summed E-state index contributed by atoms with van der Waals surface area (Å²) in [7, 11) is 1.69. The summed E-state index contributed by atoms with van der Waals surface area (Å²) in [5.41, 5.74) is 0.808. The first-order chi connectivity index (χ1) is 7.24. The highest BCUT2D eigenvalue weighted by Gasteiger charge is 2.08. The van der Waals surface area contributed by atoms with Gasteiger partial charge in [-0.15, -0.1) is 0 Å². The summed E-state index contributed by atoms with van der Waals surface area (Å²) in [4.78, 5) is 11.7. The first-order valence-corrected chi connectivity index (χ1v) is 5.31. The maximum atomic E-state index is 11.7. The molecule has 1 aromatic rings. The Bertz CT molecular complexity index is 293. The molecule has 2 heteroatoms. The lowest BCUT2D eigenvalue weighted by atomic mass is 10.0. The molecule has 1 rings (SSSR count). The molecule has 1 unspecified atom stereocenters. The van der Waals surface area contributed by atoms with Gasteiger partial charge in [-0.1, -0.05) is 37.3 Å². The number of carbonyl (C=O) groups excluding carboxylic acids is 1. The van der Waals surface area contributed by atoms with Gasteiger partial charge in [-0.05, 0) is 12.3 Å². The molecule has 82 valence electrons. The van der Waals surface area contributed by atoms with E-state index in [1.54, 1.807) is 7.11 Å². The molecule has 0 aromatic heterocycles. The van der Waals surface area contributed by atoms with Crippen molar-refractivity contribution in [3.8, 4) is 0 Å². The number of rotatable bonds is 6. The molecule has 1 atom stereocenters. The predicted octanol–water partition coefficient (Wildman–Crippen LogP) is 2.93. The Morgan fingerprint density at radius 3 is 2.60 bits per heavy atom. The number of ketones is 1. The van der Waals surface area contributed by atoms with Crippen LogP contribution in [0.3, 0.4) is 0 Å². The van der Waals surface area contributed by atoms with Crippen LogP contribution in [0.5, 0.6) is 0 Å². The molecule has 2 nitrogen and oxygen atoms in total. The van der Waals surface area contributed by atoms with Crippen LogP contribution in [0.15, 0.2) is 30.3 Å². The van der Waals surface area contributed by atoms with E-state index < -0.39 is 0 Å². The van der Waals surface area contributed by atoms with Crippen LogP contribution in [-0.4, -0.2) is 19.5 Å². The van der Waals surface area contributed by atoms with Crippen molar-refractivity contribution in [1.29, 1.82) is 0 Å². The van der Waals surface area contributed by atoms with E-state index in [1.807, 2.05) is 30.3 Å². The number of hydrogen-bond acceptors (Lipinski definition) is 2. The van der Waals surface area contributed by atoms with Gasteiger partial charge in [-0.25, -0.2) is 0 Å². The molecular weight excluding hydrogens is 188 g/mol. The topological polar surface area (TPSA) is 26.3 Å². The molecule has 15 heavy (non-hydrogen) atoms. The highest BCUT2D eigenvalue weighted by atomic mass is 16.5. The first kappa shape index (κ1) is 11.9. The lowest BCUT2D eigenvalue weighted by Crippen LogP contribution is -2.07. The fourth-order valence-corrected chi connectivity index (χ4v) is 1.51. The van der Waals surface area contributed by atoms with Gasteiger partial charge >= 0.3 is 0 Å². The van der Waals surface area contributed by atoms with Crippen LogP contribution >= 0.6 is 0 Å². The third-order valence-corrected chi connectivity index (χ3v) is 2.41. The Kier molecular flexibility index (Phi) is 5.05. The smallest absolute Gasteiger partial charge is 0.162 e. The van der Waals surface area contributed by atoms with Crippen LogP contribution in [-0.2, 0) is 4.74 Å². The van der Waals surface area contributed by atoms with Gasteiger partial charge in [0.1, 0.15) is 0 Å². The molecule has 0 saturated heterocycles. The largest absolute Gasteiger partial charge is 0.384 e. The molecule has 0 spiro atoms. The number of carbonyl (C=O) groups is 1. The van der Waals surface area contributed by atoms with Crippen LogP contribution in [0.1, 0.15) is 30.1 Å². The fraction of sp³-hybridized carbons (Fsp3) is 0.462. The van der Waals surface area contributed by atoms with Gasteiger partial charge in [-0.2, -0.15) is 0 Å². The highest BCUT2D eigenvalue weighted by molar-refractivity contribution is 5.95. The first-order valence-electron chi connectivity index (χ1n) is 5.31. The predicted molar refractivity (Wildman–Crippen MR) is 61.0 cm³/mol. The zero-order valence-electron chi connectivity index (χ0n) is 9.40. The van der Waals surface area contributed by atoms with E-state index in [1.165, 1.54) is 0 Å². The standard InChI is InChI=1S/C13H18O2/c1-11(10-15-2)8-9-13(14)12-6-4-3-5-7-12/h3-7,11H,8-10H2,1-2H3. The van der Waals surface area contributed by atoms with Gasteiger partial charge in [0.2, 0.25) is 0 Å². The van der Waals surface area contributed by atoms with Crippen molar-refractivity contribution in [2.45, 2.75) is 19.8 Å². The van der Waals surface area contributed by atoms with Crippen molar-refractivity contribution in [3.05, 3.63) is 35.9 Å². The maximum Gasteiger partial charge on any atom is 0.162 e. The van der Waals surface area contributed by atoms with E-state index in [0.29, 0.717) is 12.3 Å². The molecule has 1 aromatic carbocycles. The number of ether oxygens (including phenoxy) is 1. The summed E-state index contributed by atoms with van der Waals surface area (Å²) in [6.07, 6.45) is 1.50. The van der Waals surface area contributed by atoms with Crippen molar-refractivity contribution in [3.63, 3.8) is 0 Å². The quantitative estimate of drug-likeness (QED) is 0.669. The molecule has 0 amide bonds. The third-order valence-electron chi connectivity index (χ3n) is 2.41. The fourth-order valence-electron chi connectivity index (χ4n) is 1.51. The second kappa shape index (κ2) is 6.36. The highest BCUT2D eigenvalue weighted by Crippen LogP contribution is 2.10. The average Bonchev–Trinajstić information content (AvgIpc) is 2.27. The summed E-state index contributed by atoms with van der Waals surface area (Å²) in [5, 5.41) is 0. The van der Waals surface area contributed by atoms with Crippen LogP contribution in [0.25, 0.3) is 0 Å². The molecule has 0 saturated carbocycles. The molecule has 0 aliphatic carbocycles. The van der Waals surface area contributed by atoms with E-state index in [2.05, 4.69) is 6.92 Å². The van der Waals surface area contributed by atoms with E-state index in [0.717, 1.165) is 18.6 Å². The number of hydrogen-bond donors (Lipinski definition) is 0. The number of Topliss-reactive ketones (excluding diaryl/α,β-unsaturated/α-hetero) is 1. The normalized spacial score (nSPS) is 12.4. The van der Waals surface area contributed by atoms with Crippen molar-refractivity contribution >= 4 is 5.78 Å². The van der Waals surface area contributed by atoms with Crippen LogP contribution in [0, 0.1) is 5.92 Å². The van der Waals surface area contributed by atoms with E-state index in [-0.39, 0.29) is 5.78 Å². The maximum absolute atomic E-state index is 11.7. The second-order valence-electron chi connectivity index (χ2n) is 3.89. The van der Waals surface area contributed by atoms with E-state index in [4.69, 9.17) is 4.74 Å². The number of benzene rings is 1. The van der Waals surface area contributed by atoms with Crippen molar-refractivity contribution < 1.29 is 9.53 Å². The summed E-state index contributed by atoms with van der Waals surface area (Å²) in [5.74, 6) is 0.668. The molecule has 0 aliphatic rings. The minimum atomic E-state index is 0.221. The lowest BCUT2D eigenvalue weighted by Gasteiger charge is -2.08. The Morgan fingerprint density at radius 1 is 1.33 bits per heavy atom. The molecule has 0 N–H and O–H groups in total. The Morgan fingerprint density at radius 2 is 2.00 bits per heavy atom. The van der Waals surface area contributed by atoms with Crippen LogP contribution < -0.4 is 0 Å². The minimum Gasteiger partial charge on any atom is -0.384 e. The number of methoxy groups -OCH3 is 1. The van der Waals surface area contributed by atoms with Crippen LogP contribution in [0.4, 0.5) is 0 Å². The van der Waals surface area contributed by atoms with Crippen molar-refractivity contribution in [2.75, 3.05) is 13.7 Å². The Hall–Kier alpha value is -1.15. The van der Waals surface area contributed by atoms with Gasteiger partial charge in [-0.3, -0.25) is 4.79 Å². The Labute approximate surface area is 91.3 Å². The molecule has 0 aliphatic heterocycles. The monoisotopic (exact) mass is 206 g/mol. The van der Waals surface area contributed by atoms with Gasteiger partial charge in [0.05, 0.1) is 0 Å².